The van der Waals surface area contributed by atoms with E-state index in [2.05, 4.69) is 20.4 Å². The molecule has 0 radical (unpaired) electrons. The lowest BCUT2D eigenvalue weighted by atomic mass is 9.88. The van der Waals surface area contributed by atoms with Gasteiger partial charge in [-0.1, -0.05) is 56.4 Å². The Hall–Kier alpha value is -2.29. The van der Waals surface area contributed by atoms with E-state index >= 15 is 0 Å². The topological polar surface area (TPSA) is 82.4 Å². The second-order valence-electron chi connectivity index (χ2n) is 8.98. The third-order valence-corrected chi connectivity index (χ3v) is 7.76. The molecule has 2 fully saturated rings. The molecule has 2 aliphatic carbocycles. The van der Waals surface area contributed by atoms with Crippen LogP contribution < -0.4 is 9.47 Å². The van der Waals surface area contributed by atoms with Crippen molar-refractivity contribution in [1.29, 1.82) is 0 Å². The molecule has 0 unspecified atom stereocenters. The number of hydrogen-bond acceptors (Lipinski definition) is 7. The first-order chi connectivity index (χ1) is 15.8. The van der Waals surface area contributed by atoms with Crippen molar-refractivity contribution >= 4 is 17.7 Å². The molecule has 32 heavy (non-hydrogen) atoms. The zero-order chi connectivity index (χ0) is 21.8. The molecule has 0 spiro atoms. The number of aromatic nitrogens is 4. The van der Waals surface area contributed by atoms with Crippen LogP contribution in [0.1, 0.15) is 69.8 Å². The normalized spacial score (nSPS) is 19.2. The predicted molar refractivity (Wildman–Crippen MR) is 121 cm³/mol. The van der Waals surface area contributed by atoms with Gasteiger partial charge in [-0.2, -0.15) is 0 Å². The Labute approximate surface area is 193 Å². The predicted octanol–water partition coefficient (Wildman–Crippen LogP) is 4.04. The molecule has 3 aliphatic rings. The second kappa shape index (κ2) is 10.1. The van der Waals surface area contributed by atoms with Gasteiger partial charge < -0.3 is 14.4 Å². The largest absolute Gasteiger partial charge is 0.454 e. The van der Waals surface area contributed by atoms with Crippen molar-refractivity contribution in [3.8, 4) is 11.5 Å². The van der Waals surface area contributed by atoms with Gasteiger partial charge in [-0.25, -0.2) is 4.68 Å². The summed E-state index contributed by atoms with van der Waals surface area (Å²) in [5.41, 5.74) is 1.03. The van der Waals surface area contributed by atoms with Crippen LogP contribution in [0.25, 0.3) is 0 Å². The molecule has 8 nitrogen and oxygen atoms in total. The molecule has 0 saturated heterocycles. The molecule has 9 heteroatoms. The summed E-state index contributed by atoms with van der Waals surface area (Å²) >= 11 is 1.44. The van der Waals surface area contributed by atoms with Crippen LogP contribution in [0, 0.1) is 0 Å². The lowest BCUT2D eigenvalue weighted by Gasteiger charge is -2.41. The maximum atomic E-state index is 13.4. The van der Waals surface area contributed by atoms with Gasteiger partial charge in [0, 0.05) is 12.1 Å². The highest BCUT2D eigenvalue weighted by molar-refractivity contribution is 7.99. The van der Waals surface area contributed by atoms with E-state index in [-0.39, 0.29) is 12.7 Å². The Morgan fingerprint density at radius 2 is 1.69 bits per heavy atom. The Morgan fingerprint density at radius 1 is 1.00 bits per heavy atom. The number of fused-ring (bicyclic) bond motifs is 1. The van der Waals surface area contributed by atoms with Gasteiger partial charge in [0.25, 0.3) is 0 Å². The monoisotopic (exact) mass is 457 g/mol. The maximum Gasteiger partial charge on any atom is 0.233 e. The number of benzene rings is 1. The molecule has 0 bridgehead atoms. The molecule has 2 saturated carbocycles. The van der Waals surface area contributed by atoms with Crippen LogP contribution in [-0.4, -0.2) is 55.6 Å². The average molecular weight is 458 g/mol. The number of amides is 1. The highest BCUT2D eigenvalue weighted by Gasteiger charge is 2.32. The number of ether oxygens (including phenoxy) is 2. The molecular formula is C23H31N5O3S. The number of tetrazole rings is 1. The van der Waals surface area contributed by atoms with Crippen LogP contribution in [0.4, 0.5) is 0 Å². The molecule has 0 N–H and O–H groups in total. The van der Waals surface area contributed by atoms with Gasteiger partial charge in [-0.15, -0.1) is 5.10 Å². The minimum Gasteiger partial charge on any atom is -0.454 e. The smallest absolute Gasteiger partial charge is 0.233 e. The summed E-state index contributed by atoms with van der Waals surface area (Å²) in [6.07, 6.45) is 12.1. The minimum absolute atomic E-state index is 0.242. The summed E-state index contributed by atoms with van der Waals surface area (Å²) in [4.78, 5) is 15.7. The van der Waals surface area contributed by atoms with Gasteiger partial charge >= 0.3 is 0 Å². The van der Waals surface area contributed by atoms with E-state index in [9.17, 15) is 4.79 Å². The molecule has 1 amide bonds. The fourth-order valence-corrected chi connectivity index (χ4v) is 5.98. The summed E-state index contributed by atoms with van der Waals surface area (Å²) < 4.78 is 12.6. The standard InChI is InChI=1S/C23H31N5O3S/c29-22(28(18-7-3-1-4-8-18)19-9-5-2-6-10-19)15-32-23-24-25-26-27(23)14-17-11-12-20-21(13-17)31-16-30-20/h11-13,18-19H,1-10,14-16H2. The molecule has 1 aliphatic heterocycles. The third-order valence-electron chi connectivity index (χ3n) is 6.82. The number of nitrogens with zero attached hydrogens (tertiary/aromatic N) is 5. The van der Waals surface area contributed by atoms with E-state index < -0.39 is 0 Å². The first kappa shape index (κ1) is 21.6. The van der Waals surface area contributed by atoms with Crippen molar-refractivity contribution in [2.24, 2.45) is 0 Å². The summed E-state index contributed by atoms with van der Waals surface area (Å²) in [5, 5.41) is 12.8. The van der Waals surface area contributed by atoms with Crippen molar-refractivity contribution in [1.82, 2.24) is 25.1 Å². The van der Waals surface area contributed by atoms with E-state index in [1.54, 1.807) is 4.68 Å². The van der Waals surface area contributed by atoms with Crippen LogP contribution in [0.5, 0.6) is 11.5 Å². The maximum absolute atomic E-state index is 13.4. The average Bonchev–Trinajstić information content (AvgIpc) is 3.48. The first-order valence-corrected chi connectivity index (χ1v) is 12.8. The molecule has 0 atom stereocenters. The number of carbonyl (C=O) groups excluding carboxylic acids is 1. The highest BCUT2D eigenvalue weighted by atomic mass is 32.2. The van der Waals surface area contributed by atoms with Gasteiger partial charge in [-0.3, -0.25) is 4.79 Å². The Bertz CT molecular complexity index is 906. The molecular weight excluding hydrogens is 426 g/mol. The summed E-state index contributed by atoms with van der Waals surface area (Å²) in [6, 6.07) is 6.67. The number of thioether (sulfide) groups is 1. The van der Waals surface area contributed by atoms with Gasteiger partial charge in [-0.05, 0) is 53.8 Å². The van der Waals surface area contributed by atoms with Crippen molar-refractivity contribution in [3.05, 3.63) is 23.8 Å². The van der Waals surface area contributed by atoms with Gasteiger partial charge in [0.05, 0.1) is 12.3 Å². The van der Waals surface area contributed by atoms with E-state index in [1.807, 2.05) is 18.2 Å². The lowest BCUT2D eigenvalue weighted by Crippen LogP contribution is -2.49. The Balaban J connectivity index is 1.24. The third kappa shape index (κ3) is 4.87. The van der Waals surface area contributed by atoms with Gasteiger partial charge in [0.15, 0.2) is 11.5 Å². The SMILES string of the molecule is O=C(CSc1nnnn1Cc1ccc2c(c1)OCO2)N(C1CCCCC1)C1CCCCC1. The fraction of sp³-hybridized carbons (Fsp3) is 0.652. The molecule has 1 aromatic carbocycles. The fourth-order valence-electron chi connectivity index (χ4n) is 5.24. The first-order valence-electron chi connectivity index (χ1n) is 11.9. The number of carbonyl (C=O) groups is 1. The van der Waals surface area contributed by atoms with Crippen LogP contribution >= 0.6 is 11.8 Å². The van der Waals surface area contributed by atoms with Crippen molar-refractivity contribution < 1.29 is 14.3 Å². The second-order valence-corrected chi connectivity index (χ2v) is 9.92. The molecule has 5 rings (SSSR count). The molecule has 1 aromatic heterocycles. The van der Waals surface area contributed by atoms with Crippen molar-refractivity contribution in [2.75, 3.05) is 12.5 Å². The lowest BCUT2D eigenvalue weighted by molar-refractivity contribution is -0.135. The summed E-state index contributed by atoms with van der Waals surface area (Å²) in [6.45, 7) is 0.778. The van der Waals surface area contributed by atoms with Gasteiger partial charge in [0.1, 0.15) is 0 Å². The Morgan fingerprint density at radius 3 is 2.41 bits per heavy atom. The minimum atomic E-state index is 0.242. The van der Waals surface area contributed by atoms with Crippen LogP contribution in [0.3, 0.4) is 0 Å². The van der Waals surface area contributed by atoms with Crippen molar-refractivity contribution in [2.45, 2.75) is 88.0 Å². The zero-order valence-corrected chi connectivity index (χ0v) is 19.3. The van der Waals surface area contributed by atoms with E-state index in [0.717, 1.165) is 42.7 Å². The molecule has 172 valence electrons. The molecule has 2 aromatic rings. The van der Waals surface area contributed by atoms with Crippen LogP contribution in [0.2, 0.25) is 0 Å². The quantitative estimate of drug-likeness (QED) is 0.581. The summed E-state index contributed by atoms with van der Waals surface area (Å²) in [7, 11) is 0. The van der Waals surface area contributed by atoms with Gasteiger partial charge in [0.2, 0.25) is 17.9 Å². The number of rotatable bonds is 7. The van der Waals surface area contributed by atoms with Crippen LogP contribution in [-0.2, 0) is 11.3 Å². The van der Waals surface area contributed by atoms with E-state index in [0.29, 0.717) is 29.5 Å². The molecule has 2 heterocycles. The summed E-state index contributed by atoms with van der Waals surface area (Å²) in [5.74, 6) is 2.13. The van der Waals surface area contributed by atoms with Crippen LogP contribution in [0.15, 0.2) is 23.4 Å². The Kier molecular flexibility index (Phi) is 6.80. The number of hydrogen-bond donors (Lipinski definition) is 0. The van der Waals surface area contributed by atoms with E-state index in [1.165, 1.54) is 50.3 Å². The van der Waals surface area contributed by atoms with Crippen molar-refractivity contribution in [3.63, 3.8) is 0 Å². The zero-order valence-electron chi connectivity index (χ0n) is 18.4. The van der Waals surface area contributed by atoms with E-state index in [4.69, 9.17) is 9.47 Å². The highest BCUT2D eigenvalue weighted by Crippen LogP contribution is 2.33.